The highest BCUT2D eigenvalue weighted by Crippen LogP contribution is 2.37. The maximum Gasteiger partial charge on any atom is 0.387 e. The van der Waals surface area contributed by atoms with Crippen LogP contribution in [0.3, 0.4) is 0 Å². The van der Waals surface area contributed by atoms with Gasteiger partial charge in [-0.05, 0) is 49.7 Å². The molecule has 1 aliphatic rings. The van der Waals surface area contributed by atoms with Gasteiger partial charge in [-0.3, -0.25) is 14.5 Å². The van der Waals surface area contributed by atoms with Crippen LogP contribution in [0.1, 0.15) is 34.6 Å². The number of aryl methyl sites for hydroxylation is 1. The molecule has 0 bridgehead atoms. The van der Waals surface area contributed by atoms with E-state index in [1.165, 1.54) is 6.07 Å². The van der Waals surface area contributed by atoms with Crippen molar-refractivity contribution in [2.24, 2.45) is 7.05 Å². The van der Waals surface area contributed by atoms with E-state index in [0.717, 1.165) is 33.4 Å². The van der Waals surface area contributed by atoms with Gasteiger partial charge in [0.25, 0.3) is 5.91 Å². The zero-order valence-corrected chi connectivity index (χ0v) is 18.2. The highest BCUT2D eigenvalue weighted by molar-refractivity contribution is 5.98. The highest BCUT2D eigenvalue weighted by atomic mass is 19.3. The number of amides is 1. The summed E-state index contributed by atoms with van der Waals surface area (Å²) >= 11 is 0. The van der Waals surface area contributed by atoms with Crippen molar-refractivity contribution in [1.29, 1.82) is 0 Å². The molecule has 1 aliphatic heterocycles. The smallest absolute Gasteiger partial charge is 0.387 e. The molecule has 33 heavy (non-hydrogen) atoms. The van der Waals surface area contributed by atoms with Crippen molar-refractivity contribution in [2.45, 2.75) is 26.0 Å². The second-order valence-electron chi connectivity index (χ2n) is 8.08. The molecule has 0 aliphatic carbocycles. The van der Waals surface area contributed by atoms with Gasteiger partial charge >= 0.3 is 6.61 Å². The minimum Gasteiger partial charge on any atom is -0.435 e. The third-order valence-electron chi connectivity index (χ3n) is 6.09. The summed E-state index contributed by atoms with van der Waals surface area (Å²) in [4.78, 5) is 19.5. The fourth-order valence-corrected chi connectivity index (χ4v) is 4.58. The first-order chi connectivity index (χ1) is 15.9. The third kappa shape index (κ3) is 3.82. The lowest BCUT2D eigenvalue weighted by Gasteiger charge is -2.33. The normalized spacial score (nSPS) is 15.7. The second kappa shape index (κ2) is 8.27. The molecule has 0 spiro atoms. The first-order valence-corrected chi connectivity index (χ1v) is 10.7. The number of carbonyl (C=O) groups is 1. The van der Waals surface area contributed by atoms with Crippen LogP contribution in [-0.4, -0.2) is 38.7 Å². The molecule has 0 saturated heterocycles. The van der Waals surface area contributed by atoms with Crippen molar-refractivity contribution in [3.63, 3.8) is 0 Å². The molecule has 1 amide bonds. The van der Waals surface area contributed by atoms with Gasteiger partial charge in [0.2, 0.25) is 0 Å². The number of alkyl halides is 2. The summed E-state index contributed by atoms with van der Waals surface area (Å²) < 4.78 is 31.6. The first-order valence-electron chi connectivity index (χ1n) is 10.7. The predicted molar refractivity (Wildman–Crippen MR) is 120 cm³/mol. The standard InChI is InChI=1S/C25H22F2N4O2/c1-15-22-20(23(30(2)29-22)17-5-3-7-19(14-17)33-25(26)27)10-12-31(15)24(32)18-8-9-21-16(13-18)6-4-11-28-21/h3-9,11,13-15,25H,10,12H2,1-2H3/t15-/m0/s1. The van der Waals surface area contributed by atoms with Crippen LogP contribution in [0.2, 0.25) is 0 Å². The Morgan fingerprint density at radius 2 is 2.00 bits per heavy atom. The summed E-state index contributed by atoms with van der Waals surface area (Å²) in [6, 6.07) is 15.7. The molecule has 0 radical (unpaired) electrons. The summed E-state index contributed by atoms with van der Waals surface area (Å²) in [6.07, 6.45) is 2.34. The van der Waals surface area contributed by atoms with Crippen molar-refractivity contribution >= 4 is 16.8 Å². The molecule has 0 saturated carbocycles. The molecule has 5 rings (SSSR count). The van der Waals surface area contributed by atoms with Gasteiger partial charge in [0.1, 0.15) is 5.75 Å². The Labute approximate surface area is 189 Å². The Balaban J connectivity index is 1.46. The van der Waals surface area contributed by atoms with Crippen molar-refractivity contribution in [2.75, 3.05) is 6.54 Å². The molecule has 8 heteroatoms. The lowest BCUT2D eigenvalue weighted by molar-refractivity contribution is -0.0498. The molecule has 1 atom stereocenters. The van der Waals surface area contributed by atoms with Crippen LogP contribution in [0.5, 0.6) is 5.75 Å². The van der Waals surface area contributed by atoms with Crippen LogP contribution < -0.4 is 4.74 Å². The summed E-state index contributed by atoms with van der Waals surface area (Å²) in [5.41, 5.74) is 4.88. The number of benzene rings is 2. The van der Waals surface area contributed by atoms with Gasteiger partial charge in [0, 0.05) is 41.9 Å². The van der Waals surface area contributed by atoms with E-state index in [9.17, 15) is 13.6 Å². The highest BCUT2D eigenvalue weighted by Gasteiger charge is 2.33. The molecule has 4 aromatic rings. The van der Waals surface area contributed by atoms with E-state index in [2.05, 4.69) is 9.72 Å². The van der Waals surface area contributed by atoms with Crippen molar-refractivity contribution in [3.05, 3.63) is 77.6 Å². The van der Waals surface area contributed by atoms with Gasteiger partial charge in [-0.2, -0.15) is 13.9 Å². The number of hydrogen-bond donors (Lipinski definition) is 0. The van der Waals surface area contributed by atoms with Crippen molar-refractivity contribution in [1.82, 2.24) is 19.7 Å². The van der Waals surface area contributed by atoms with Crippen LogP contribution in [-0.2, 0) is 13.5 Å². The maximum absolute atomic E-state index is 13.4. The van der Waals surface area contributed by atoms with E-state index in [4.69, 9.17) is 5.10 Å². The molecule has 0 unspecified atom stereocenters. The summed E-state index contributed by atoms with van der Waals surface area (Å²) in [7, 11) is 1.82. The molecule has 2 aromatic carbocycles. The van der Waals surface area contributed by atoms with Crippen molar-refractivity contribution < 1.29 is 18.3 Å². The summed E-state index contributed by atoms with van der Waals surface area (Å²) in [6.45, 7) is -0.388. The largest absolute Gasteiger partial charge is 0.435 e. The van der Waals surface area contributed by atoms with E-state index >= 15 is 0 Å². The van der Waals surface area contributed by atoms with Crippen LogP contribution in [0, 0.1) is 0 Å². The predicted octanol–water partition coefficient (Wildman–Crippen LogP) is 5.00. The number of hydrogen-bond acceptors (Lipinski definition) is 4. The Morgan fingerprint density at radius 1 is 1.15 bits per heavy atom. The topological polar surface area (TPSA) is 60.2 Å². The second-order valence-corrected chi connectivity index (χ2v) is 8.08. The number of nitrogens with zero attached hydrogens (tertiary/aromatic N) is 4. The van der Waals surface area contributed by atoms with E-state index in [1.807, 2.05) is 49.2 Å². The number of rotatable bonds is 4. The number of fused-ring (bicyclic) bond motifs is 2. The fourth-order valence-electron chi connectivity index (χ4n) is 4.58. The van der Waals surface area contributed by atoms with E-state index in [1.54, 1.807) is 29.1 Å². The van der Waals surface area contributed by atoms with Crippen LogP contribution in [0.15, 0.2) is 60.8 Å². The average molecular weight is 448 g/mol. The summed E-state index contributed by atoms with van der Waals surface area (Å²) in [5.74, 6) is 0.0438. The molecular weight excluding hydrogens is 426 g/mol. The van der Waals surface area contributed by atoms with Crippen LogP contribution in [0.4, 0.5) is 8.78 Å². The Hall–Kier alpha value is -3.81. The van der Waals surface area contributed by atoms with Gasteiger partial charge in [0.05, 0.1) is 22.9 Å². The molecular formula is C25H22F2N4O2. The van der Waals surface area contributed by atoms with Gasteiger partial charge in [-0.1, -0.05) is 18.2 Å². The lowest BCUT2D eigenvalue weighted by Crippen LogP contribution is -2.38. The lowest BCUT2D eigenvalue weighted by atomic mass is 9.95. The molecule has 0 N–H and O–H groups in total. The number of carbonyl (C=O) groups excluding carboxylic acids is 1. The SMILES string of the molecule is C[C@H]1c2nn(C)c(-c3cccc(OC(F)F)c3)c2CCN1C(=O)c1ccc2ncccc2c1. The first kappa shape index (κ1) is 21.1. The Morgan fingerprint density at radius 3 is 2.82 bits per heavy atom. The van der Waals surface area contributed by atoms with Crippen molar-refractivity contribution in [3.8, 4) is 17.0 Å². The zero-order chi connectivity index (χ0) is 23.1. The van der Waals surface area contributed by atoms with Gasteiger partial charge in [0.15, 0.2) is 0 Å². The monoisotopic (exact) mass is 448 g/mol. The number of pyridine rings is 1. The van der Waals surface area contributed by atoms with Gasteiger partial charge in [-0.15, -0.1) is 0 Å². The number of halogens is 2. The zero-order valence-electron chi connectivity index (χ0n) is 18.2. The van der Waals surface area contributed by atoms with Crippen LogP contribution in [0.25, 0.3) is 22.2 Å². The average Bonchev–Trinajstić information content (AvgIpc) is 3.15. The Kier molecular flexibility index (Phi) is 5.28. The molecule has 2 aromatic heterocycles. The number of ether oxygens (including phenoxy) is 1. The molecule has 3 heterocycles. The van der Waals surface area contributed by atoms with E-state index in [-0.39, 0.29) is 17.7 Å². The molecule has 6 nitrogen and oxygen atoms in total. The minimum absolute atomic E-state index is 0.0570. The number of aromatic nitrogens is 3. The molecule has 0 fully saturated rings. The third-order valence-corrected chi connectivity index (χ3v) is 6.09. The minimum atomic E-state index is -2.88. The van der Waals surface area contributed by atoms with Gasteiger partial charge in [-0.25, -0.2) is 0 Å². The quantitative estimate of drug-likeness (QED) is 0.441. The summed E-state index contributed by atoms with van der Waals surface area (Å²) in [5, 5.41) is 5.62. The van der Waals surface area contributed by atoms with E-state index in [0.29, 0.717) is 18.5 Å². The maximum atomic E-state index is 13.4. The molecule has 168 valence electrons. The Bertz CT molecular complexity index is 1350. The fraction of sp³-hybridized carbons (Fsp3) is 0.240. The van der Waals surface area contributed by atoms with Crippen LogP contribution >= 0.6 is 0 Å². The van der Waals surface area contributed by atoms with E-state index < -0.39 is 6.61 Å². The van der Waals surface area contributed by atoms with Gasteiger partial charge < -0.3 is 9.64 Å².